The van der Waals surface area contributed by atoms with Crippen LogP contribution in [0.1, 0.15) is 39.5 Å². The minimum atomic E-state index is 0.473. The van der Waals surface area contributed by atoms with Gasteiger partial charge < -0.3 is 20.3 Å². The SMILES string of the molecule is COCCCNC(=S)N/N=C(C)\C(C)=N/NC(=S)NCCN1CCCCC1. The van der Waals surface area contributed by atoms with Crippen LogP contribution in [0.4, 0.5) is 0 Å². The molecular weight excluding hydrogens is 382 g/mol. The Balaban J connectivity index is 2.22. The first kappa shape index (κ1) is 23.7. The topological polar surface area (TPSA) is 85.3 Å². The lowest BCUT2D eigenvalue weighted by Crippen LogP contribution is -2.40. The van der Waals surface area contributed by atoms with E-state index in [1.165, 1.54) is 32.4 Å². The van der Waals surface area contributed by atoms with Gasteiger partial charge in [0.25, 0.3) is 0 Å². The predicted molar refractivity (Wildman–Crippen MR) is 120 cm³/mol. The van der Waals surface area contributed by atoms with Gasteiger partial charge in [-0.1, -0.05) is 6.42 Å². The number of ether oxygens (including phenoxy) is 1. The normalized spacial score (nSPS) is 16.0. The van der Waals surface area contributed by atoms with Crippen LogP contribution in [0.25, 0.3) is 0 Å². The van der Waals surface area contributed by atoms with E-state index in [1.54, 1.807) is 7.11 Å². The molecule has 1 aliphatic rings. The van der Waals surface area contributed by atoms with Crippen molar-refractivity contribution in [1.29, 1.82) is 0 Å². The fraction of sp³-hybridized carbons (Fsp3) is 0.765. The molecule has 4 N–H and O–H groups in total. The first-order valence-electron chi connectivity index (χ1n) is 9.41. The van der Waals surface area contributed by atoms with Crippen molar-refractivity contribution in [2.45, 2.75) is 39.5 Å². The lowest BCUT2D eigenvalue weighted by molar-refractivity contribution is 0.195. The largest absolute Gasteiger partial charge is 0.385 e. The van der Waals surface area contributed by atoms with Crippen LogP contribution < -0.4 is 21.5 Å². The van der Waals surface area contributed by atoms with E-state index in [9.17, 15) is 0 Å². The smallest absolute Gasteiger partial charge is 0.187 e. The summed E-state index contributed by atoms with van der Waals surface area (Å²) < 4.78 is 4.98. The minimum absolute atomic E-state index is 0.473. The zero-order chi connectivity index (χ0) is 19.9. The van der Waals surface area contributed by atoms with Crippen molar-refractivity contribution in [3.8, 4) is 0 Å². The molecule has 1 saturated heterocycles. The molecule has 0 aromatic heterocycles. The Hall–Kier alpha value is -1.36. The van der Waals surface area contributed by atoms with Gasteiger partial charge in [-0.05, 0) is 70.6 Å². The van der Waals surface area contributed by atoms with Gasteiger partial charge in [-0.2, -0.15) is 10.2 Å². The second-order valence-electron chi connectivity index (χ2n) is 6.38. The Labute approximate surface area is 173 Å². The summed E-state index contributed by atoms with van der Waals surface area (Å²) >= 11 is 10.4. The van der Waals surface area contributed by atoms with Gasteiger partial charge >= 0.3 is 0 Å². The van der Waals surface area contributed by atoms with Crippen LogP contribution in [0.15, 0.2) is 10.2 Å². The summed E-state index contributed by atoms with van der Waals surface area (Å²) in [6, 6.07) is 0. The van der Waals surface area contributed by atoms with Crippen molar-refractivity contribution in [2.24, 2.45) is 10.2 Å². The number of hydrogen-bond acceptors (Lipinski definition) is 6. The standard InChI is InChI=1S/C17H33N7OS2/c1-14(20-22-16(26)18-8-7-13-25-3)15(2)21-23-17(27)19-9-12-24-10-5-4-6-11-24/h4-13H2,1-3H3,(H2,18,22,26)(H2,19,23,27)/b20-14-,21-15-. The van der Waals surface area contributed by atoms with Gasteiger partial charge in [-0.15, -0.1) is 0 Å². The van der Waals surface area contributed by atoms with Crippen LogP contribution in [0.2, 0.25) is 0 Å². The average Bonchev–Trinajstić information content (AvgIpc) is 2.68. The first-order chi connectivity index (χ1) is 13.0. The molecule has 1 aliphatic heterocycles. The maximum Gasteiger partial charge on any atom is 0.187 e. The molecule has 1 heterocycles. The summed E-state index contributed by atoms with van der Waals surface area (Å²) in [4.78, 5) is 2.46. The predicted octanol–water partition coefficient (Wildman–Crippen LogP) is 1.19. The zero-order valence-electron chi connectivity index (χ0n) is 16.6. The Morgan fingerprint density at radius 3 is 2.04 bits per heavy atom. The van der Waals surface area contributed by atoms with Gasteiger partial charge in [0.2, 0.25) is 0 Å². The van der Waals surface area contributed by atoms with E-state index >= 15 is 0 Å². The van der Waals surface area contributed by atoms with Crippen LogP contribution in [0.3, 0.4) is 0 Å². The molecule has 8 nitrogen and oxygen atoms in total. The molecule has 0 aromatic rings. The van der Waals surface area contributed by atoms with Crippen LogP contribution >= 0.6 is 24.4 Å². The van der Waals surface area contributed by atoms with Crippen LogP contribution in [-0.2, 0) is 4.74 Å². The third-order valence-corrected chi connectivity index (χ3v) is 4.62. The number of nitrogens with one attached hydrogen (secondary N) is 4. The minimum Gasteiger partial charge on any atom is -0.385 e. The highest BCUT2D eigenvalue weighted by Gasteiger charge is 2.09. The number of likely N-dealkylation sites (tertiary alicyclic amines) is 1. The highest BCUT2D eigenvalue weighted by Crippen LogP contribution is 2.07. The van der Waals surface area contributed by atoms with E-state index in [2.05, 4.69) is 36.6 Å². The van der Waals surface area contributed by atoms with Crippen molar-refractivity contribution in [3.05, 3.63) is 0 Å². The van der Waals surface area contributed by atoms with E-state index in [1.807, 2.05) is 13.8 Å². The van der Waals surface area contributed by atoms with Gasteiger partial charge in [0, 0.05) is 33.4 Å². The fourth-order valence-electron chi connectivity index (χ4n) is 2.44. The monoisotopic (exact) mass is 415 g/mol. The van der Waals surface area contributed by atoms with E-state index < -0.39 is 0 Å². The Morgan fingerprint density at radius 2 is 1.48 bits per heavy atom. The Kier molecular flexibility index (Phi) is 12.9. The molecule has 0 aliphatic carbocycles. The Morgan fingerprint density at radius 1 is 0.926 bits per heavy atom. The summed E-state index contributed by atoms with van der Waals surface area (Å²) in [6.07, 6.45) is 4.83. The molecule has 10 heteroatoms. The average molecular weight is 416 g/mol. The molecule has 0 atom stereocenters. The highest BCUT2D eigenvalue weighted by molar-refractivity contribution is 7.80. The van der Waals surface area contributed by atoms with E-state index in [4.69, 9.17) is 29.2 Å². The molecule has 154 valence electrons. The lowest BCUT2D eigenvalue weighted by Gasteiger charge is -2.26. The summed E-state index contributed by atoms with van der Waals surface area (Å²) in [7, 11) is 1.68. The van der Waals surface area contributed by atoms with Crippen molar-refractivity contribution < 1.29 is 4.74 Å². The second kappa shape index (κ2) is 14.7. The molecule has 0 bridgehead atoms. The lowest BCUT2D eigenvalue weighted by atomic mass is 10.1. The number of hydrazone groups is 2. The molecular formula is C17H33N7OS2. The number of rotatable bonds is 10. The molecule has 0 spiro atoms. The molecule has 0 unspecified atom stereocenters. The fourth-order valence-corrected chi connectivity index (χ4v) is 2.73. The first-order valence-corrected chi connectivity index (χ1v) is 10.2. The van der Waals surface area contributed by atoms with Crippen LogP contribution in [0.5, 0.6) is 0 Å². The number of thiocarbonyl (C=S) groups is 2. The van der Waals surface area contributed by atoms with Crippen molar-refractivity contribution in [3.63, 3.8) is 0 Å². The third kappa shape index (κ3) is 11.9. The second-order valence-corrected chi connectivity index (χ2v) is 7.19. The maximum absolute atomic E-state index is 5.26. The van der Waals surface area contributed by atoms with Crippen molar-refractivity contribution in [2.75, 3.05) is 46.4 Å². The summed E-state index contributed by atoms with van der Waals surface area (Å²) in [5, 5.41) is 15.7. The van der Waals surface area contributed by atoms with Gasteiger partial charge in [0.1, 0.15) is 0 Å². The molecule has 27 heavy (non-hydrogen) atoms. The zero-order valence-corrected chi connectivity index (χ0v) is 18.3. The van der Waals surface area contributed by atoms with Crippen LogP contribution in [0, 0.1) is 0 Å². The Bertz CT molecular complexity index is 519. The molecule has 0 amide bonds. The molecule has 1 rings (SSSR count). The van der Waals surface area contributed by atoms with Gasteiger partial charge in [-0.3, -0.25) is 10.9 Å². The van der Waals surface area contributed by atoms with E-state index in [-0.39, 0.29) is 0 Å². The van der Waals surface area contributed by atoms with Gasteiger partial charge in [0.15, 0.2) is 10.2 Å². The van der Waals surface area contributed by atoms with Crippen molar-refractivity contribution in [1.82, 2.24) is 26.4 Å². The third-order valence-electron chi connectivity index (χ3n) is 4.15. The summed E-state index contributed by atoms with van der Waals surface area (Å²) in [6.45, 7) is 9.34. The number of methoxy groups -OCH3 is 1. The molecule has 1 fully saturated rings. The summed E-state index contributed by atoms with van der Waals surface area (Å²) in [5.41, 5.74) is 7.11. The van der Waals surface area contributed by atoms with E-state index in [0.29, 0.717) is 16.8 Å². The summed E-state index contributed by atoms with van der Waals surface area (Å²) in [5.74, 6) is 0. The highest BCUT2D eigenvalue weighted by atomic mass is 32.1. The van der Waals surface area contributed by atoms with Crippen molar-refractivity contribution >= 4 is 46.1 Å². The molecule has 0 saturated carbocycles. The molecule has 0 radical (unpaired) electrons. The number of hydrogen-bond donors (Lipinski definition) is 4. The maximum atomic E-state index is 5.26. The quantitative estimate of drug-likeness (QED) is 0.183. The number of nitrogens with zero attached hydrogens (tertiary/aromatic N) is 3. The van der Waals surface area contributed by atoms with Gasteiger partial charge in [-0.25, -0.2) is 0 Å². The van der Waals surface area contributed by atoms with Crippen LogP contribution in [-0.4, -0.2) is 73.0 Å². The van der Waals surface area contributed by atoms with E-state index in [0.717, 1.165) is 37.5 Å². The molecule has 0 aromatic carbocycles. The van der Waals surface area contributed by atoms with Gasteiger partial charge in [0.05, 0.1) is 11.4 Å². The number of piperidine rings is 1.